The van der Waals surface area contributed by atoms with Crippen molar-refractivity contribution >= 4 is 52.3 Å². The van der Waals surface area contributed by atoms with E-state index in [-0.39, 0.29) is 41.9 Å². The van der Waals surface area contributed by atoms with Gasteiger partial charge in [-0.25, -0.2) is 4.68 Å². The Morgan fingerprint density at radius 2 is 1.09 bits per heavy atom. The van der Waals surface area contributed by atoms with Crippen LogP contribution in [0.1, 0.15) is 22.5 Å². The summed E-state index contributed by atoms with van der Waals surface area (Å²) >= 11 is 11.7. The summed E-state index contributed by atoms with van der Waals surface area (Å²) < 4.78 is 14.4. The van der Waals surface area contributed by atoms with E-state index in [4.69, 9.17) is 32.7 Å². The monoisotopic (exact) mass is 755 g/mol. The average Bonchev–Trinajstić information content (AvgIpc) is 3.58. The second-order valence-electron chi connectivity index (χ2n) is 11.8. The van der Waals surface area contributed by atoms with Crippen LogP contribution in [0, 0.1) is 24.0 Å². The molecule has 0 unspecified atom stereocenters. The second kappa shape index (κ2) is 17.4. The van der Waals surface area contributed by atoms with E-state index in [9.17, 15) is 19.7 Å². The van der Waals surface area contributed by atoms with Gasteiger partial charge in [-0.05, 0) is 97.8 Å². The summed E-state index contributed by atoms with van der Waals surface area (Å²) in [5.41, 5.74) is 2.54. The third-order valence-electron chi connectivity index (χ3n) is 7.58. The summed E-state index contributed by atoms with van der Waals surface area (Å²) in [7, 11) is 3.34. The molecule has 4 aromatic carbocycles. The molecular formula is C38H35Cl2N7O6. The van der Waals surface area contributed by atoms with Crippen molar-refractivity contribution in [2.24, 2.45) is 14.1 Å². The molecule has 0 aliphatic carbocycles. The molecule has 2 aromatic heterocycles. The first-order valence-electron chi connectivity index (χ1n) is 16.2. The number of hydrogen-bond acceptors (Lipinski definition) is 8. The number of amides is 2. The molecule has 0 saturated heterocycles. The highest BCUT2D eigenvalue weighted by atomic mass is 35.5. The average molecular weight is 757 g/mol. The predicted molar refractivity (Wildman–Crippen MR) is 203 cm³/mol. The highest BCUT2D eigenvalue weighted by Crippen LogP contribution is 2.28. The van der Waals surface area contributed by atoms with Crippen molar-refractivity contribution in [3.05, 3.63) is 146 Å². The number of carbonyl (C=O) groups is 2. The number of aryl methyl sites for hydroxylation is 4. The van der Waals surface area contributed by atoms with Crippen molar-refractivity contribution < 1.29 is 24.0 Å². The highest BCUT2D eigenvalue weighted by molar-refractivity contribution is 6.30. The molecule has 2 amide bonds. The number of nitrogens with zero attached hydrogens (tertiary/aromatic N) is 5. The highest BCUT2D eigenvalue weighted by Gasteiger charge is 2.25. The molecule has 272 valence electrons. The lowest BCUT2D eigenvalue weighted by Gasteiger charge is -2.08. The normalized spacial score (nSPS) is 10.5. The number of aromatic nitrogens is 4. The van der Waals surface area contributed by atoms with Crippen LogP contribution < -0.4 is 20.1 Å². The van der Waals surface area contributed by atoms with Gasteiger partial charge in [0.1, 0.15) is 34.5 Å². The summed E-state index contributed by atoms with van der Waals surface area (Å²) in [5, 5.41) is 26.1. The van der Waals surface area contributed by atoms with E-state index >= 15 is 0 Å². The molecule has 0 saturated carbocycles. The van der Waals surface area contributed by atoms with Gasteiger partial charge in [0.2, 0.25) is 17.6 Å². The molecule has 0 aliphatic rings. The number of anilines is 2. The quantitative estimate of drug-likeness (QED) is 0.0984. The molecule has 6 aromatic rings. The van der Waals surface area contributed by atoms with Crippen LogP contribution in [0.2, 0.25) is 10.0 Å². The number of nitrogens with one attached hydrogen (secondary N) is 2. The molecule has 0 radical (unpaired) electrons. The first kappa shape index (κ1) is 38.1. The second-order valence-corrected chi connectivity index (χ2v) is 12.7. The van der Waals surface area contributed by atoms with Crippen molar-refractivity contribution in [2.75, 3.05) is 10.6 Å². The molecule has 0 atom stereocenters. The lowest BCUT2D eigenvalue weighted by Crippen LogP contribution is -2.17. The molecule has 0 spiro atoms. The Kier molecular flexibility index (Phi) is 12.5. The summed E-state index contributed by atoms with van der Waals surface area (Å²) in [6.45, 7) is 3.41. The molecular weight excluding hydrogens is 721 g/mol. The van der Waals surface area contributed by atoms with E-state index in [0.29, 0.717) is 38.9 Å². The van der Waals surface area contributed by atoms with Crippen LogP contribution in [0.3, 0.4) is 0 Å². The van der Waals surface area contributed by atoms with Crippen molar-refractivity contribution in [1.29, 1.82) is 0 Å². The van der Waals surface area contributed by atoms with Crippen LogP contribution >= 0.6 is 23.2 Å². The van der Waals surface area contributed by atoms with Crippen LogP contribution in [-0.2, 0) is 36.5 Å². The largest absolute Gasteiger partial charge is 0.457 e. The number of halogens is 2. The maximum Gasteiger partial charge on any atom is 0.334 e. The summed E-state index contributed by atoms with van der Waals surface area (Å²) in [6.07, 6.45) is 0.341. The molecule has 0 aliphatic heterocycles. The molecule has 53 heavy (non-hydrogen) atoms. The van der Waals surface area contributed by atoms with Gasteiger partial charge in [-0.2, -0.15) is 10.2 Å². The number of ether oxygens (including phenoxy) is 2. The smallest absolute Gasteiger partial charge is 0.334 e. The van der Waals surface area contributed by atoms with Gasteiger partial charge in [0.05, 0.1) is 23.5 Å². The van der Waals surface area contributed by atoms with Gasteiger partial charge in [-0.1, -0.05) is 47.5 Å². The van der Waals surface area contributed by atoms with Crippen molar-refractivity contribution in [1.82, 2.24) is 19.6 Å². The first-order valence-corrected chi connectivity index (χ1v) is 16.9. The number of hydrogen-bond donors (Lipinski definition) is 2. The van der Waals surface area contributed by atoms with E-state index in [1.165, 1.54) is 11.6 Å². The van der Waals surface area contributed by atoms with Crippen molar-refractivity contribution in [3.8, 4) is 23.0 Å². The van der Waals surface area contributed by atoms with E-state index in [2.05, 4.69) is 20.8 Å². The molecule has 2 heterocycles. The van der Waals surface area contributed by atoms with Crippen LogP contribution in [0.15, 0.2) is 103 Å². The lowest BCUT2D eigenvalue weighted by molar-refractivity contribution is -0.384. The third-order valence-corrected chi connectivity index (χ3v) is 8.08. The fraction of sp³-hybridized carbons (Fsp3) is 0.158. The van der Waals surface area contributed by atoms with Crippen LogP contribution in [0.5, 0.6) is 23.0 Å². The SMILES string of the molecule is Cc1cc(NC(=O)Cc2ccc(Oc3ccc(Cl)cc3)cc2)n(C)n1.Cc1nn(C)c(NC(=O)Cc2ccc(Oc3ccc(Cl)cc3)cc2)c1[N+](=O)[O-]. The predicted octanol–water partition coefficient (Wildman–Crippen LogP) is 8.62. The van der Waals surface area contributed by atoms with E-state index < -0.39 is 4.92 Å². The van der Waals surface area contributed by atoms with Gasteiger partial charge in [0.15, 0.2) is 0 Å². The minimum Gasteiger partial charge on any atom is -0.457 e. The zero-order valence-corrected chi connectivity index (χ0v) is 30.7. The Balaban J connectivity index is 0.000000206. The minimum absolute atomic E-state index is 0.0581. The standard InChI is InChI=1S/C19H17ClN4O4.C19H18ClN3O2/c1-12-18(24(26)27)19(23(2)22-12)21-17(25)11-13-3-7-15(8-4-13)28-16-9-5-14(20)6-10-16;1-13-11-18(23(2)22-13)21-19(24)12-14-3-7-16(8-4-14)25-17-9-5-15(20)6-10-17/h3-10H,11H2,1-2H3,(H,21,25);3-11H,12H2,1-2H3,(H,21,24). The fourth-order valence-electron chi connectivity index (χ4n) is 5.10. The number of nitro groups is 1. The number of carbonyl (C=O) groups excluding carboxylic acids is 2. The van der Waals surface area contributed by atoms with Crippen molar-refractivity contribution in [3.63, 3.8) is 0 Å². The van der Waals surface area contributed by atoms with Gasteiger partial charge >= 0.3 is 5.69 Å². The maximum absolute atomic E-state index is 12.3. The molecule has 13 nitrogen and oxygen atoms in total. The van der Waals surface area contributed by atoms with Gasteiger partial charge in [0.25, 0.3) is 0 Å². The molecule has 0 bridgehead atoms. The van der Waals surface area contributed by atoms with Gasteiger partial charge in [-0.3, -0.25) is 24.4 Å². The van der Waals surface area contributed by atoms with E-state index in [1.54, 1.807) is 91.6 Å². The fourth-order valence-corrected chi connectivity index (χ4v) is 5.35. The zero-order valence-electron chi connectivity index (χ0n) is 29.2. The maximum atomic E-state index is 12.3. The zero-order chi connectivity index (χ0) is 38.1. The molecule has 2 N–H and O–H groups in total. The van der Waals surface area contributed by atoms with E-state index in [1.807, 2.05) is 37.3 Å². The van der Waals surface area contributed by atoms with Crippen LogP contribution in [0.4, 0.5) is 17.3 Å². The van der Waals surface area contributed by atoms with Crippen molar-refractivity contribution in [2.45, 2.75) is 26.7 Å². The number of benzene rings is 4. The topological polar surface area (TPSA) is 155 Å². The molecule has 15 heteroatoms. The Bertz CT molecular complexity index is 2200. The molecule has 0 fully saturated rings. The van der Waals surface area contributed by atoms with Gasteiger partial charge in [-0.15, -0.1) is 0 Å². The third kappa shape index (κ3) is 10.9. The minimum atomic E-state index is -0.555. The summed E-state index contributed by atoms with van der Waals surface area (Å²) in [5.74, 6) is 2.96. The number of rotatable bonds is 11. The Labute approximate surface area is 315 Å². The first-order chi connectivity index (χ1) is 25.3. The van der Waals surface area contributed by atoms with Crippen LogP contribution in [-0.4, -0.2) is 36.3 Å². The summed E-state index contributed by atoms with van der Waals surface area (Å²) in [4.78, 5) is 35.1. The Hall–Kier alpha value is -6.18. The Morgan fingerprint density at radius 3 is 1.49 bits per heavy atom. The van der Waals surface area contributed by atoms with E-state index in [0.717, 1.165) is 16.8 Å². The summed E-state index contributed by atoms with van der Waals surface area (Å²) in [6, 6.07) is 30.4. The van der Waals surface area contributed by atoms with Crippen LogP contribution in [0.25, 0.3) is 0 Å². The Morgan fingerprint density at radius 1 is 0.679 bits per heavy atom. The van der Waals surface area contributed by atoms with Gasteiger partial charge in [0, 0.05) is 30.2 Å². The lowest BCUT2D eigenvalue weighted by atomic mass is 10.1. The molecule has 6 rings (SSSR count). The van der Waals surface area contributed by atoms with Gasteiger partial charge < -0.3 is 20.1 Å².